The number of rotatable bonds is 2. The van der Waals surface area contributed by atoms with Crippen molar-refractivity contribution in [3.05, 3.63) is 42.1 Å². The molecule has 0 bridgehead atoms. The smallest absolute Gasteiger partial charge is 0.230 e. The first-order chi connectivity index (χ1) is 16.3. The van der Waals surface area contributed by atoms with Crippen molar-refractivity contribution in [1.82, 2.24) is 4.98 Å². The van der Waals surface area contributed by atoms with Crippen molar-refractivity contribution < 1.29 is 14.3 Å². The molecule has 174 valence electrons. The fraction of sp³-hybridized carbons (Fsp3) is 0.538. The van der Waals surface area contributed by atoms with Gasteiger partial charge >= 0.3 is 0 Å². The number of hydrogen-bond acceptors (Lipinski definition) is 6. The lowest BCUT2D eigenvalue weighted by Gasteiger charge is -2.31. The zero-order valence-electron chi connectivity index (χ0n) is 19.0. The summed E-state index contributed by atoms with van der Waals surface area (Å²) in [5.41, 5.74) is 4.07. The lowest BCUT2D eigenvalue weighted by atomic mass is 9.95. The molecule has 7 heteroatoms. The van der Waals surface area contributed by atoms with Crippen molar-refractivity contribution >= 4 is 28.8 Å². The summed E-state index contributed by atoms with van der Waals surface area (Å²) in [6.07, 6.45) is 7.23. The monoisotopic (exact) mass is 448 g/mol. The van der Waals surface area contributed by atoms with Gasteiger partial charge in [0.2, 0.25) is 5.91 Å². The summed E-state index contributed by atoms with van der Waals surface area (Å²) in [6, 6.07) is 10.4. The van der Waals surface area contributed by atoms with Gasteiger partial charge in [0.25, 0.3) is 0 Å². The van der Waals surface area contributed by atoms with Crippen molar-refractivity contribution in [3.8, 4) is 0 Å². The van der Waals surface area contributed by atoms with Crippen LogP contribution in [0.5, 0.6) is 0 Å². The van der Waals surface area contributed by atoms with Gasteiger partial charge in [-0.2, -0.15) is 0 Å². The summed E-state index contributed by atoms with van der Waals surface area (Å²) in [5.74, 6) is 1.72. The van der Waals surface area contributed by atoms with Crippen LogP contribution in [0.25, 0.3) is 0 Å². The fourth-order valence-electron chi connectivity index (χ4n) is 5.86. The number of carbonyl (C=O) groups is 1. The van der Waals surface area contributed by atoms with Crippen molar-refractivity contribution in [2.45, 2.75) is 44.8 Å². The predicted octanol–water partition coefficient (Wildman–Crippen LogP) is 4.10. The third-order valence-corrected chi connectivity index (χ3v) is 7.77. The van der Waals surface area contributed by atoms with E-state index in [2.05, 4.69) is 39.5 Å². The number of ether oxygens (including phenoxy) is 2. The maximum absolute atomic E-state index is 14.0. The van der Waals surface area contributed by atoms with Gasteiger partial charge in [0.15, 0.2) is 0 Å². The summed E-state index contributed by atoms with van der Waals surface area (Å²) < 4.78 is 11.5. The molecule has 1 saturated carbocycles. The molecule has 1 aromatic carbocycles. The maximum atomic E-state index is 14.0. The summed E-state index contributed by atoms with van der Waals surface area (Å²) in [6.45, 7) is 4.63. The van der Waals surface area contributed by atoms with Gasteiger partial charge in [0, 0.05) is 43.1 Å². The van der Waals surface area contributed by atoms with Gasteiger partial charge in [0.05, 0.1) is 37.2 Å². The Kier molecular flexibility index (Phi) is 5.68. The quantitative estimate of drug-likeness (QED) is 0.746. The molecule has 4 aliphatic rings. The Balaban J connectivity index is 1.34. The summed E-state index contributed by atoms with van der Waals surface area (Å²) in [5, 5.41) is 3.50. The standard InChI is InChI=1S/C26H32N4O3/c31-26(19-4-3-18-9-13-33-24(18)8-5-19)30-17-20-2-1-10-27-25(20)28-22-7-6-21(16-23(22)30)29-11-14-32-15-12-29/h1-2,6-7,10,16,18-19,24H,3-5,8-9,11-15,17H2,(H,27,28)/t18-,19-,24-/m0/s1. The van der Waals surface area contributed by atoms with Crippen LogP contribution in [0.3, 0.4) is 0 Å². The number of aromatic nitrogens is 1. The first-order valence-electron chi connectivity index (χ1n) is 12.4. The van der Waals surface area contributed by atoms with Crippen LogP contribution in [0.4, 0.5) is 22.9 Å². The SMILES string of the molecule is O=C([C@H]1CC[C@H]2CCO[C@H]2CC1)N1Cc2cccnc2Nc2ccc(N3CCOCC3)cc21. The van der Waals surface area contributed by atoms with E-state index in [4.69, 9.17) is 9.47 Å². The number of anilines is 4. The van der Waals surface area contributed by atoms with Crippen LogP contribution in [0.15, 0.2) is 36.5 Å². The number of benzene rings is 1. The van der Waals surface area contributed by atoms with E-state index in [0.717, 1.165) is 93.5 Å². The maximum Gasteiger partial charge on any atom is 0.230 e. The molecule has 1 N–H and O–H groups in total. The van der Waals surface area contributed by atoms with E-state index in [9.17, 15) is 4.79 Å². The highest BCUT2D eigenvalue weighted by Gasteiger charge is 2.37. The Hall–Kier alpha value is -2.64. The Morgan fingerprint density at radius 2 is 1.91 bits per heavy atom. The molecule has 3 atom stereocenters. The Morgan fingerprint density at radius 1 is 1.03 bits per heavy atom. The van der Waals surface area contributed by atoms with E-state index in [0.29, 0.717) is 18.6 Å². The third-order valence-electron chi connectivity index (χ3n) is 7.77. The van der Waals surface area contributed by atoms with Gasteiger partial charge in [-0.1, -0.05) is 6.07 Å². The summed E-state index contributed by atoms with van der Waals surface area (Å²) in [7, 11) is 0. The van der Waals surface area contributed by atoms with E-state index in [-0.39, 0.29) is 11.8 Å². The van der Waals surface area contributed by atoms with Crippen LogP contribution in [0, 0.1) is 11.8 Å². The largest absolute Gasteiger partial charge is 0.378 e. The molecule has 33 heavy (non-hydrogen) atoms. The predicted molar refractivity (Wildman–Crippen MR) is 128 cm³/mol. The number of morpholine rings is 1. The molecule has 4 heterocycles. The summed E-state index contributed by atoms with van der Waals surface area (Å²) in [4.78, 5) is 22.9. The van der Waals surface area contributed by atoms with E-state index >= 15 is 0 Å². The number of hydrogen-bond donors (Lipinski definition) is 1. The molecule has 0 radical (unpaired) electrons. The zero-order valence-corrected chi connectivity index (χ0v) is 19.0. The van der Waals surface area contributed by atoms with Crippen molar-refractivity contribution in [2.24, 2.45) is 11.8 Å². The third kappa shape index (κ3) is 4.08. The second kappa shape index (κ2) is 8.95. The summed E-state index contributed by atoms with van der Waals surface area (Å²) >= 11 is 0. The van der Waals surface area contributed by atoms with E-state index in [1.165, 1.54) is 0 Å². The second-order valence-electron chi connectivity index (χ2n) is 9.67. The Labute approximate surface area is 195 Å². The van der Waals surface area contributed by atoms with E-state index in [1.807, 2.05) is 11.0 Å². The second-order valence-corrected chi connectivity index (χ2v) is 9.67. The molecule has 1 aromatic heterocycles. The lowest BCUT2D eigenvalue weighted by molar-refractivity contribution is -0.123. The number of nitrogens with zero attached hydrogens (tertiary/aromatic N) is 3. The highest BCUT2D eigenvalue weighted by Crippen LogP contribution is 2.41. The Bertz CT molecular complexity index is 1010. The van der Waals surface area contributed by atoms with Gasteiger partial charge in [0.1, 0.15) is 5.82 Å². The molecule has 1 amide bonds. The molecule has 2 aromatic rings. The lowest BCUT2D eigenvalue weighted by Crippen LogP contribution is -2.37. The molecule has 1 aliphatic carbocycles. The molecule has 3 aliphatic heterocycles. The minimum atomic E-state index is 0.0392. The van der Waals surface area contributed by atoms with Crippen LogP contribution in [0.2, 0.25) is 0 Å². The average molecular weight is 449 g/mol. The van der Waals surface area contributed by atoms with Gasteiger partial charge < -0.3 is 24.6 Å². The van der Waals surface area contributed by atoms with Crippen LogP contribution in [-0.2, 0) is 20.8 Å². The number of amides is 1. The fourth-order valence-corrected chi connectivity index (χ4v) is 5.86. The van der Waals surface area contributed by atoms with Crippen LogP contribution in [0.1, 0.15) is 37.7 Å². The van der Waals surface area contributed by atoms with Gasteiger partial charge in [-0.3, -0.25) is 4.79 Å². The molecule has 3 fully saturated rings. The van der Waals surface area contributed by atoms with E-state index < -0.39 is 0 Å². The van der Waals surface area contributed by atoms with Crippen LogP contribution in [-0.4, -0.2) is 49.9 Å². The minimum absolute atomic E-state index is 0.0392. The average Bonchev–Trinajstić information content (AvgIpc) is 3.12. The molecule has 6 rings (SSSR count). The topological polar surface area (TPSA) is 66.9 Å². The van der Waals surface area contributed by atoms with Gasteiger partial charge in [-0.25, -0.2) is 4.98 Å². The highest BCUT2D eigenvalue weighted by molar-refractivity contribution is 6.00. The first kappa shape index (κ1) is 20.9. The molecule has 0 spiro atoms. The van der Waals surface area contributed by atoms with Crippen molar-refractivity contribution in [1.29, 1.82) is 0 Å². The number of fused-ring (bicyclic) bond motifs is 3. The van der Waals surface area contributed by atoms with Crippen molar-refractivity contribution in [3.63, 3.8) is 0 Å². The number of pyridine rings is 1. The Morgan fingerprint density at radius 3 is 2.82 bits per heavy atom. The molecule has 2 saturated heterocycles. The molecular formula is C26H32N4O3. The zero-order chi connectivity index (χ0) is 22.2. The normalized spacial score (nSPS) is 27.0. The molecule has 7 nitrogen and oxygen atoms in total. The van der Waals surface area contributed by atoms with Gasteiger partial charge in [-0.05, 0) is 62.3 Å². The van der Waals surface area contributed by atoms with Crippen LogP contribution >= 0.6 is 0 Å². The van der Waals surface area contributed by atoms with Crippen LogP contribution < -0.4 is 15.1 Å². The van der Waals surface area contributed by atoms with Crippen molar-refractivity contribution in [2.75, 3.05) is 48.0 Å². The van der Waals surface area contributed by atoms with Gasteiger partial charge in [-0.15, -0.1) is 0 Å². The highest BCUT2D eigenvalue weighted by atomic mass is 16.5. The minimum Gasteiger partial charge on any atom is -0.378 e. The molecular weight excluding hydrogens is 416 g/mol. The number of nitrogens with one attached hydrogen (secondary N) is 1. The molecule has 0 unspecified atom stereocenters. The number of carbonyl (C=O) groups excluding carboxylic acids is 1. The first-order valence-corrected chi connectivity index (χ1v) is 12.4. The van der Waals surface area contributed by atoms with E-state index in [1.54, 1.807) is 6.20 Å².